The lowest BCUT2D eigenvalue weighted by Crippen LogP contribution is -2.37. The molecule has 1 unspecified atom stereocenters. The van der Waals surface area contributed by atoms with Crippen LogP contribution in [0.3, 0.4) is 0 Å². The zero-order valence-electron chi connectivity index (χ0n) is 32.0. The number of hydrogen-bond acceptors (Lipinski definition) is 15. The lowest BCUT2D eigenvalue weighted by atomic mass is 9.88. The topological polar surface area (TPSA) is 227 Å². The predicted molar refractivity (Wildman–Crippen MR) is 216 cm³/mol. The molecule has 1 saturated carbocycles. The van der Waals surface area contributed by atoms with E-state index in [9.17, 15) is 31.7 Å². The molecule has 4 heterocycles. The maximum Gasteiger partial charge on any atom is 0.242 e. The van der Waals surface area contributed by atoms with E-state index in [-0.39, 0.29) is 11.5 Å². The van der Waals surface area contributed by atoms with E-state index in [1.807, 2.05) is 15.9 Å². The minimum absolute atomic E-state index is 0.246. The lowest BCUT2D eigenvalue weighted by molar-refractivity contribution is -0.128. The fraction of sp³-hybridized carbons (Fsp3) is 0.410. The van der Waals surface area contributed by atoms with Crippen LogP contribution in [0.4, 0.5) is 23.0 Å². The number of benzene rings is 2. The van der Waals surface area contributed by atoms with Crippen molar-refractivity contribution in [2.45, 2.75) is 24.3 Å². The Bertz CT molecular complexity index is 2440. The fourth-order valence-electron chi connectivity index (χ4n) is 6.91. The van der Waals surface area contributed by atoms with Crippen LogP contribution >= 0.6 is 0 Å². The predicted octanol–water partition coefficient (Wildman–Crippen LogP) is 2.86. The van der Waals surface area contributed by atoms with E-state index in [1.54, 1.807) is 60.7 Å². The largest absolute Gasteiger partial charge is 0.378 e. The number of rotatable bonds is 13. The molecule has 0 bridgehead atoms. The number of carbonyl (C=O) groups excluding carboxylic acids is 2. The van der Waals surface area contributed by atoms with Crippen LogP contribution in [0.2, 0.25) is 0 Å². The van der Waals surface area contributed by atoms with Crippen LogP contribution in [0.1, 0.15) is 24.2 Å². The molecule has 17 nitrogen and oxygen atoms in total. The average Bonchev–Trinajstić information content (AvgIpc) is 4.00. The Hall–Kier alpha value is -5.55. The van der Waals surface area contributed by atoms with E-state index >= 15 is 0 Å². The monoisotopic (exact) mass is 829 g/mol. The van der Waals surface area contributed by atoms with Crippen LogP contribution in [-0.2, 0) is 50.2 Å². The van der Waals surface area contributed by atoms with E-state index < -0.39 is 42.8 Å². The number of anilines is 4. The van der Waals surface area contributed by atoms with Crippen LogP contribution in [0.5, 0.6) is 0 Å². The van der Waals surface area contributed by atoms with Gasteiger partial charge >= 0.3 is 0 Å². The number of amides is 2. The van der Waals surface area contributed by atoms with Gasteiger partial charge in [-0.05, 0) is 61.4 Å². The van der Waals surface area contributed by atoms with Crippen molar-refractivity contribution >= 4 is 54.5 Å². The zero-order valence-corrected chi connectivity index (χ0v) is 33.7. The fourth-order valence-corrected chi connectivity index (χ4v) is 8.28. The van der Waals surface area contributed by atoms with Crippen molar-refractivity contribution < 1.29 is 35.9 Å². The molecule has 4 aromatic rings. The number of nitrogens with zero attached hydrogens (tertiary/aromatic N) is 7. The lowest BCUT2D eigenvalue weighted by Gasteiger charge is -2.28. The first-order valence-electron chi connectivity index (χ1n) is 18.7. The maximum atomic E-state index is 13.7. The van der Waals surface area contributed by atoms with Gasteiger partial charge in [0, 0.05) is 73.3 Å². The third-order valence-corrected chi connectivity index (χ3v) is 11.7. The molecule has 2 aliphatic heterocycles. The molecule has 3 fully saturated rings. The molecule has 1 aliphatic carbocycles. The van der Waals surface area contributed by atoms with Gasteiger partial charge in [0.2, 0.25) is 11.8 Å². The smallest absolute Gasteiger partial charge is 0.242 e. The molecule has 2 aromatic carbocycles. The Labute approximate surface area is 336 Å². The number of carbonyl (C=O) groups is 2. The third-order valence-electron chi connectivity index (χ3n) is 10.0. The number of aromatic nitrogens is 4. The first-order valence-corrected chi connectivity index (χ1v) is 22.8. The van der Waals surface area contributed by atoms with Crippen LogP contribution < -0.4 is 20.4 Å². The highest BCUT2D eigenvalue weighted by atomic mass is 32.2. The van der Waals surface area contributed by atoms with Crippen molar-refractivity contribution in [2.75, 3.05) is 85.6 Å². The van der Waals surface area contributed by atoms with Crippen LogP contribution in [0.25, 0.3) is 22.8 Å². The molecule has 7 rings (SSSR count). The highest BCUT2D eigenvalue weighted by Gasteiger charge is 2.58. The minimum atomic E-state index is -3.37. The van der Waals surface area contributed by atoms with Crippen molar-refractivity contribution in [1.82, 2.24) is 19.9 Å². The normalized spacial score (nSPS) is 17.2. The Morgan fingerprint density at radius 2 is 1.12 bits per heavy atom. The summed E-state index contributed by atoms with van der Waals surface area (Å²) in [4.78, 5) is 49.7. The molecule has 3 aliphatic rings. The Morgan fingerprint density at radius 3 is 1.50 bits per heavy atom. The Kier molecular flexibility index (Phi) is 11.7. The number of ether oxygens (including phenoxy) is 2. The van der Waals surface area contributed by atoms with E-state index in [1.165, 1.54) is 0 Å². The molecule has 2 amide bonds. The van der Waals surface area contributed by atoms with Gasteiger partial charge in [0.1, 0.15) is 17.6 Å². The van der Waals surface area contributed by atoms with Crippen molar-refractivity contribution in [1.29, 1.82) is 5.26 Å². The zero-order chi connectivity index (χ0) is 41.1. The summed E-state index contributed by atoms with van der Waals surface area (Å²) in [6, 6.07) is 18.8. The SMILES string of the molecule is CS(=O)(=O)Cc1cc(N2CCOCC2)nc(-c2ccc(NC(=O)C(C#N)C3(C(=O)Nc4ccc(-c5nc(CS(C)(=O)=O)cc(N6CCOCC6)n5)cc4)CC3)cc2)n1. The summed E-state index contributed by atoms with van der Waals surface area (Å²) in [6.07, 6.45) is 2.99. The number of nitriles is 1. The van der Waals surface area contributed by atoms with Gasteiger partial charge in [-0.15, -0.1) is 0 Å². The first-order chi connectivity index (χ1) is 27.7. The average molecular weight is 830 g/mol. The summed E-state index contributed by atoms with van der Waals surface area (Å²) in [6.45, 7) is 4.51. The van der Waals surface area contributed by atoms with Gasteiger partial charge in [-0.2, -0.15) is 5.26 Å². The summed E-state index contributed by atoms with van der Waals surface area (Å²) in [5.74, 6) is -1.01. The summed E-state index contributed by atoms with van der Waals surface area (Å²) >= 11 is 0. The van der Waals surface area contributed by atoms with Crippen LogP contribution in [0.15, 0.2) is 60.7 Å². The number of hydrogen-bond donors (Lipinski definition) is 2. The Balaban J connectivity index is 1.03. The summed E-state index contributed by atoms with van der Waals surface area (Å²) < 4.78 is 59.4. The standard InChI is InChI=1S/C39H43N9O8S2/c1-57(51,52)24-30-21-33(47-13-17-55-18-14-47)45-35(41-30)26-3-7-28(8-4-26)43-37(49)32(23-40)39(11-12-39)38(50)44-29-9-5-27(6-10-29)36-42-31(25-58(2,53)54)22-34(46-36)48-15-19-56-20-16-48/h3-10,21-22,32H,11-20,24-25H2,1-2H3,(H,43,49)(H,44,50). The highest BCUT2D eigenvalue weighted by molar-refractivity contribution is 7.90. The second-order valence-corrected chi connectivity index (χ2v) is 19.0. The molecule has 19 heteroatoms. The first kappa shape index (κ1) is 40.6. The van der Waals surface area contributed by atoms with Crippen LogP contribution in [-0.4, -0.2) is 114 Å². The van der Waals surface area contributed by atoms with E-state index in [0.717, 1.165) is 12.5 Å². The number of morpholine rings is 2. The molecule has 304 valence electrons. The molecule has 1 atom stereocenters. The maximum absolute atomic E-state index is 13.7. The molecule has 2 N–H and O–H groups in total. The minimum Gasteiger partial charge on any atom is -0.378 e. The van der Waals surface area contributed by atoms with Gasteiger partial charge in [-0.1, -0.05) is 0 Å². The van der Waals surface area contributed by atoms with Crippen molar-refractivity contribution in [2.24, 2.45) is 11.3 Å². The van der Waals surface area contributed by atoms with Gasteiger partial charge in [0.05, 0.1) is 60.8 Å². The van der Waals surface area contributed by atoms with Gasteiger partial charge < -0.3 is 29.9 Å². The van der Waals surface area contributed by atoms with Crippen molar-refractivity contribution in [3.63, 3.8) is 0 Å². The van der Waals surface area contributed by atoms with Gasteiger partial charge in [-0.3, -0.25) is 9.59 Å². The number of sulfone groups is 2. The third kappa shape index (κ3) is 9.93. The van der Waals surface area contributed by atoms with Gasteiger partial charge in [0.25, 0.3) is 0 Å². The molecule has 0 radical (unpaired) electrons. The Morgan fingerprint density at radius 1 is 0.707 bits per heavy atom. The molecular formula is C39H43N9O8S2. The van der Waals surface area contributed by atoms with Gasteiger partial charge in [-0.25, -0.2) is 36.8 Å². The summed E-state index contributed by atoms with van der Waals surface area (Å²) in [5, 5.41) is 15.8. The van der Waals surface area contributed by atoms with Crippen molar-refractivity contribution in [3.05, 3.63) is 72.1 Å². The summed E-state index contributed by atoms with van der Waals surface area (Å²) in [7, 11) is -6.73. The van der Waals surface area contributed by atoms with Crippen LogP contribution in [0, 0.1) is 22.7 Å². The van der Waals surface area contributed by atoms with E-state index in [4.69, 9.17) is 19.4 Å². The number of nitrogens with one attached hydrogen (secondary N) is 2. The molecule has 0 spiro atoms. The molecule has 2 aromatic heterocycles. The molecule has 58 heavy (non-hydrogen) atoms. The van der Waals surface area contributed by atoms with E-state index in [2.05, 4.69) is 20.6 Å². The second-order valence-electron chi connectivity index (χ2n) is 14.7. The highest BCUT2D eigenvalue weighted by Crippen LogP contribution is 2.53. The molecular weight excluding hydrogens is 787 g/mol. The molecule has 2 saturated heterocycles. The second kappa shape index (κ2) is 16.7. The summed E-state index contributed by atoms with van der Waals surface area (Å²) in [5.41, 5.74) is 1.52. The van der Waals surface area contributed by atoms with Crippen molar-refractivity contribution in [3.8, 4) is 28.8 Å². The van der Waals surface area contributed by atoms with E-state index in [0.29, 0.717) is 123 Å². The van der Waals surface area contributed by atoms with Gasteiger partial charge in [0.15, 0.2) is 31.3 Å². The quantitative estimate of drug-likeness (QED) is 0.198.